The van der Waals surface area contributed by atoms with Crippen LogP contribution in [-0.2, 0) is 6.42 Å². The summed E-state index contributed by atoms with van der Waals surface area (Å²) in [6.45, 7) is 4.03. The molecule has 1 aromatic heterocycles. The van der Waals surface area contributed by atoms with Crippen LogP contribution in [-0.4, -0.2) is 9.97 Å². The molecule has 0 amide bonds. The summed E-state index contributed by atoms with van der Waals surface area (Å²) in [7, 11) is 0. The van der Waals surface area contributed by atoms with Crippen LogP contribution in [0, 0.1) is 6.92 Å². The summed E-state index contributed by atoms with van der Waals surface area (Å²) in [5.41, 5.74) is 6.65. The monoisotopic (exact) mass is 139 g/mol. The van der Waals surface area contributed by atoms with Gasteiger partial charge in [0, 0.05) is 0 Å². The molecule has 0 aromatic carbocycles. The lowest BCUT2D eigenvalue weighted by Gasteiger charge is -1.91. The molecule has 10 heavy (non-hydrogen) atoms. The van der Waals surface area contributed by atoms with E-state index in [4.69, 9.17) is 5.73 Å². The highest BCUT2D eigenvalue weighted by molar-refractivity contribution is 5.35. The van der Waals surface area contributed by atoms with Gasteiger partial charge in [0.2, 0.25) is 0 Å². The standard InChI is InChI=1S/C7H13N3/c1-3-4-6-7(8)10-5(2)9-6/h3-4,8H2,1-2H3,(H,9,10). The van der Waals surface area contributed by atoms with E-state index in [0.29, 0.717) is 5.82 Å². The minimum absolute atomic E-state index is 0.652. The first-order valence-corrected chi connectivity index (χ1v) is 3.55. The average Bonchev–Trinajstić information content (AvgIpc) is 2.13. The van der Waals surface area contributed by atoms with E-state index in [2.05, 4.69) is 16.9 Å². The van der Waals surface area contributed by atoms with Crippen LogP contribution in [0.5, 0.6) is 0 Å². The molecule has 1 aromatic rings. The maximum absolute atomic E-state index is 5.59. The van der Waals surface area contributed by atoms with Crippen molar-refractivity contribution in [1.82, 2.24) is 9.97 Å². The molecule has 0 aliphatic rings. The molecule has 0 atom stereocenters. The van der Waals surface area contributed by atoms with Gasteiger partial charge in [-0.25, -0.2) is 4.98 Å². The number of aromatic nitrogens is 2. The van der Waals surface area contributed by atoms with Crippen molar-refractivity contribution in [2.45, 2.75) is 26.7 Å². The molecule has 0 saturated carbocycles. The minimum Gasteiger partial charge on any atom is -0.382 e. The van der Waals surface area contributed by atoms with Crippen LogP contribution >= 0.6 is 0 Å². The molecule has 0 bridgehead atoms. The zero-order valence-corrected chi connectivity index (χ0v) is 6.44. The Kier molecular flexibility index (Phi) is 1.94. The van der Waals surface area contributed by atoms with E-state index in [-0.39, 0.29) is 0 Å². The molecule has 56 valence electrons. The number of hydrogen-bond donors (Lipinski definition) is 2. The zero-order chi connectivity index (χ0) is 7.56. The van der Waals surface area contributed by atoms with Gasteiger partial charge in [0.25, 0.3) is 0 Å². The highest BCUT2D eigenvalue weighted by atomic mass is 15.0. The third kappa shape index (κ3) is 1.29. The molecule has 0 fully saturated rings. The number of imidazole rings is 1. The molecule has 3 nitrogen and oxygen atoms in total. The van der Waals surface area contributed by atoms with Gasteiger partial charge in [0.15, 0.2) is 0 Å². The molecule has 0 aliphatic carbocycles. The van der Waals surface area contributed by atoms with E-state index in [1.54, 1.807) is 0 Å². The lowest BCUT2D eigenvalue weighted by Crippen LogP contribution is -1.91. The number of aromatic amines is 1. The van der Waals surface area contributed by atoms with Gasteiger partial charge in [-0.15, -0.1) is 0 Å². The Bertz CT molecular complexity index is 215. The van der Waals surface area contributed by atoms with Crippen LogP contribution in [0.25, 0.3) is 0 Å². The summed E-state index contributed by atoms with van der Waals surface area (Å²) in [6, 6.07) is 0. The summed E-state index contributed by atoms with van der Waals surface area (Å²) < 4.78 is 0. The number of nitrogen functional groups attached to an aromatic ring is 1. The lowest BCUT2D eigenvalue weighted by molar-refractivity contribution is 0.890. The molecule has 3 heteroatoms. The number of hydrogen-bond acceptors (Lipinski definition) is 2. The first kappa shape index (κ1) is 7.12. The maximum Gasteiger partial charge on any atom is 0.144 e. The Morgan fingerprint density at radius 2 is 2.30 bits per heavy atom. The fourth-order valence-electron chi connectivity index (χ4n) is 0.999. The predicted octanol–water partition coefficient (Wildman–Crippen LogP) is 1.25. The van der Waals surface area contributed by atoms with Crippen molar-refractivity contribution in [2.24, 2.45) is 0 Å². The van der Waals surface area contributed by atoms with Crippen molar-refractivity contribution in [3.05, 3.63) is 11.5 Å². The first-order chi connectivity index (χ1) is 4.74. The van der Waals surface area contributed by atoms with E-state index < -0.39 is 0 Å². The van der Waals surface area contributed by atoms with Crippen LogP contribution in [0.15, 0.2) is 0 Å². The zero-order valence-electron chi connectivity index (χ0n) is 6.44. The van der Waals surface area contributed by atoms with Crippen molar-refractivity contribution in [1.29, 1.82) is 0 Å². The van der Waals surface area contributed by atoms with Gasteiger partial charge >= 0.3 is 0 Å². The quantitative estimate of drug-likeness (QED) is 0.648. The van der Waals surface area contributed by atoms with Gasteiger partial charge < -0.3 is 10.7 Å². The Morgan fingerprint density at radius 1 is 1.60 bits per heavy atom. The molecule has 0 unspecified atom stereocenters. The lowest BCUT2D eigenvalue weighted by atomic mass is 10.2. The Hall–Kier alpha value is -0.990. The van der Waals surface area contributed by atoms with Crippen LogP contribution in [0.3, 0.4) is 0 Å². The van der Waals surface area contributed by atoms with E-state index >= 15 is 0 Å². The van der Waals surface area contributed by atoms with Crippen LogP contribution in [0.2, 0.25) is 0 Å². The fraction of sp³-hybridized carbons (Fsp3) is 0.571. The normalized spacial score (nSPS) is 10.2. The molecule has 1 heterocycles. The third-order valence-electron chi connectivity index (χ3n) is 1.43. The largest absolute Gasteiger partial charge is 0.382 e. The Labute approximate surface area is 60.7 Å². The van der Waals surface area contributed by atoms with Gasteiger partial charge in [-0.05, 0) is 13.3 Å². The number of rotatable bonds is 2. The Morgan fingerprint density at radius 3 is 2.70 bits per heavy atom. The van der Waals surface area contributed by atoms with E-state index in [1.807, 2.05) is 6.92 Å². The van der Waals surface area contributed by atoms with E-state index in [0.717, 1.165) is 24.4 Å². The maximum atomic E-state index is 5.59. The van der Waals surface area contributed by atoms with Crippen LogP contribution < -0.4 is 5.73 Å². The minimum atomic E-state index is 0.652. The third-order valence-corrected chi connectivity index (χ3v) is 1.43. The van der Waals surface area contributed by atoms with Crippen molar-refractivity contribution in [3.8, 4) is 0 Å². The molecule has 1 rings (SSSR count). The summed E-state index contributed by atoms with van der Waals surface area (Å²) in [4.78, 5) is 7.16. The van der Waals surface area contributed by atoms with E-state index in [1.165, 1.54) is 0 Å². The highest BCUT2D eigenvalue weighted by Crippen LogP contribution is 2.08. The van der Waals surface area contributed by atoms with Gasteiger partial charge in [-0.3, -0.25) is 0 Å². The summed E-state index contributed by atoms with van der Waals surface area (Å²) in [5, 5.41) is 0. The van der Waals surface area contributed by atoms with Crippen molar-refractivity contribution >= 4 is 5.82 Å². The molecular formula is C7H13N3. The summed E-state index contributed by atoms with van der Waals surface area (Å²) >= 11 is 0. The van der Waals surface area contributed by atoms with Crippen LogP contribution in [0.1, 0.15) is 24.9 Å². The van der Waals surface area contributed by atoms with Gasteiger partial charge in [0.05, 0.1) is 5.69 Å². The van der Waals surface area contributed by atoms with Crippen molar-refractivity contribution in [3.63, 3.8) is 0 Å². The first-order valence-electron chi connectivity index (χ1n) is 3.55. The smallest absolute Gasteiger partial charge is 0.144 e. The predicted molar refractivity (Wildman–Crippen MR) is 41.7 cm³/mol. The highest BCUT2D eigenvalue weighted by Gasteiger charge is 2.01. The van der Waals surface area contributed by atoms with Crippen molar-refractivity contribution in [2.75, 3.05) is 5.73 Å². The van der Waals surface area contributed by atoms with Gasteiger partial charge in [-0.1, -0.05) is 13.3 Å². The second-order valence-electron chi connectivity index (χ2n) is 2.44. The molecule has 0 saturated heterocycles. The SMILES string of the molecule is CCCc1[nH]c(C)nc1N. The molecular weight excluding hydrogens is 126 g/mol. The number of anilines is 1. The van der Waals surface area contributed by atoms with Crippen molar-refractivity contribution < 1.29 is 0 Å². The second kappa shape index (κ2) is 2.73. The second-order valence-corrected chi connectivity index (χ2v) is 2.44. The van der Waals surface area contributed by atoms with E-state index in [9.17, 15) is 0 Å². The topological polar surface area (TPSA) is 54.7 Å². The van der Waals surface area contributed by atoms with Crippen LogP contribution in [0.4, 0.5) is 5.82 Å². The summed E-state index contributed by atoms with van der Waals surface area (Å²) in [6.07, 6.45) is 2.10. The number of nitrogens with one attached hydrogen (secondary N) is 1. The van der Waals surface area contributed by atoms with Gasteiger partial charge in [-0.2, -0.15) is 0 Å². The summed E-state index contributed by atoms with van der Waals surface area (Å²) in [5.74, 6) is 1.56. The average molecular weight is 139 g/mol. The molecule has 0 aliphatic heterocycles. The Balaban J connectivity index is 2.81. The number of nitrogens with zero attached hydrogens (tertiary/aromatic N) is 1. The number of H-pyrrole nitrogens is 1. The number of nitrogens with two attached hydrogens (primary N) is 1. The number of aryl methyl sites for hydroxylation is 2. The molecule has 0 radical (unpaired) electrons. The molecule has 0 spiro atoms. The van der Waals surface area contributed by atoms with Gasteiger partial charge in [0.1, 0.15) is 11.6 Å². The molecule has 3 N–H and O–H groups in total. The fourth-order valence-corrected chi connectivity index (χ4v) is 0.999.